The fourth-order valence-corrected chi connectivity index (χ4v) is 4.48. The summed E-state index contributed by atoms with van der Waals surface area (Å²) in [6.07, 6.45) is 7.85. The van der Waals surface area contributed by atoms with E-state index in [1.807, 2.05) is 48.8 Å². The molecule has 2 fully saturated rings. The first-order valence-electron chi connectivity index (χ1n) is 11.5. The van der Waals surface area contributed by atoms with Gasteiger partial charge in [-0.15, -0.1) is 24.0 Å². The predicted molar refractivity (Wildman–Crippen MR) is 140 cm³/mol. The minimum atomic E-state index is -0.0473. The number of rotatable bonds is 5. The molecule has 2 aromatic heterocycles. The number of piperazine rings is 1. The zero-order chi connectivity index (χ0) is 22.5. The Bertz CT molecular complexity index is 930. The summed E-state index contributed by atoms with van der Waals surface area (Å²) in [5.41, 5.74) is 1.09. The maximum atomic E-state index is 12.7. The van der Waals surface area contributed by atoms with Crippen LogP contribution in [0.25, 0.3) is 5.82 Å². The van der Waals surface area contributed by atoms with E-state index in [2.05, 4.69) is 36.1 Å². The topological polar surface area (TPSA) is 81.9 Å². The van der Waals surface area contributed by atoms with Gasteiger partial charge in [-0.25, -0.2) is 9.97 Å². The Balaban J connectivity index is 0.00000306. The molecule has 2 aliphatic rings. The largest absolute Gasteiger partial charge is 0.352 e. The Morgan fingerprint density at radius 1 is 1.09 bits per heavy atom. The van der Waals surface area contributed by atoms with Gasteiger partial charge in [0.25, 0.3) is 0 Å². The number of carbonyl (C=O) groups is 1. The molecule has 0 aliphatic carbocycles. The van der Waals surface area contributed by atoms with Crippen molar-refractivity contribution in [1.82, 2.24) is 34.6 Å². The van der Waals surface area contributed by atoms with Crippen LogP contribution < -0.4 is 5.32 Å². The van der Waals surface area contributed by atoms with Crippen molar-refractivity contribution >= 4 is 35.8 Å². The van der Waals surface area contributed by atoms with Gasteiger partial charge in [-0.3, -0.25) is 19.3 Å². The molecule has 2 aliphatic heterocycles. The van der Waals surface area contributed by atoms with Crippen LogP contribution in [0.2, 0.25) is 0 Å². The first-order chi connectivity index (χ1) is 15.6. The Hall–Kier alpha value is -2.21. The van der Waals surface area contributed by atoms with Crippen LogP contribution in [0.3, 0.4) is 0 Å². The Morgan fingerprint density at radius 3 is 2.39 bits per heavy atom. The molecule has 1 amide bonds. The lowest BCUT2D eigenvalue weighted by Crippen LogP contribution is -2.57. The van der Waals surface area contributed by atoms with Crippen LogP contribution in [0.1, 0.15) is 31.2 Å². The Labute approximate surface area is 213 Å². The summed E-state index contributed by atoms with van der Waals surface area (Å²) in [4.78, 5) is 32.6. The van der Waals surface area contributed by atoms with Gasteiger partial charge in [0.2, 0.25) is 5.91 Å². The minimum absolute atomic E-state index is 0. The number of amides is 1. The monoisotopic (exact) mass is 566 g/mol. The highest BCUT2D eigenvalue weighted by atomic mass is 127. The number of nitrogens with zero attached hydrogens (tertiary/aromatic N) is 7. The van der Waals surface area contributed by atoms with Crippen molar-refractivity contribution < 1.29 is 4.79 Å². The summed E-state index contributed by atoms with van der Waals surface area (Å²) in [6.45, 7) is 9.93. The molecule has 9 nitrogen and oxygen atoms in total. The van der Waals surface area contributed by atoms with E-state index in [1.165, 1.54) is 0 Å². The maximum Gasteiger partial charge on any atom is 0.239 e. The third-order valence-electron chi connectivity index (χ3n) is 6.48. The second-order valence-corrected chi connectivity index (χ2v) is 8.50. The summed E-state index contributed by atoms with van der Waals surface area (Å²) >= 11 is 0. The third kappa shape index (κ3) is 6.03. The molecule has 33 heavy (non-hydrogen) atoms. The van der Waals surface area contributed by atoms with E-state index >= 15 is 0 Å². The molecule has 0 saturated carbocycles. The van der Waals surface area contributed by atoms with Crippen molar-refractivity contribution in [2.45, 2.75) is 39.3 Å². The molecular weight excluding hydrogens is 531 g/mol. The first kappa shape index (κ1) is 25.4. The molecule has 180 valence electrons. The van der Waals surface area contributed by atoms with Crippen LogP contribution in [0.4, 0.5) is 0 Å². The van der Waals surface area contributed by atoms with Crippen LogP contribution in [0.5, 0.6) is 0 Å². The lowest BCUT2D eigenvalue weighted by atomic mass is 10.2. The van der Waals surface area contributed by atoms with Gasteiger partial charge < -0.3 is 15.1 Å². The zero-order valence-electron chi connectivity index (χ0n) is 19.8. The summed E-state index contributed by atoms with van der Waals surface area (Å²) in [5, 5.41) is 3.46. The van der Waals surface area contributed by atoms with Gasteiger partial charge in [0, 0.05) is 71.5 Å². The maximum absolute atomic E-state index is 12.7. The van der Waals surface area contributed by atoms with Crippen molar-refractivity contribution in [3.8, 4) is 5.82 Å². The normalized spacial score (nSPS) is 18.2. The highest BCUT2D eigenvalue weighted by Crippen LogP contribution is 2.14. The standard InChI is InChI=1S/C23H34N8O.HI/c1-18(22(32)29-9-4-5-10-29)28-12-14-30(15-13-28)23(24-3)27-17-20-6-7-21(26-16-20)31-11-8-25-19(31)2;/h6-8,11,16,18H,4-5,9-10,12-15,17H2,1-3H3,(H,24,27);1H. The summed E-state index contributed by atoms with van der Waals surface area (Å²) in [6, 6.07) is 4.03. The lowest BCUT2D eigenvalue weighted by Gasteiger charge is -2.39. The number of halogens is 1. The van der Waals surface area contributed by atoms with Gasteiger partial charge in [0.1, 0.15) is 11.6 Å². The molecule has 0 spiro atoms. The van der Waals surface area contributed by atoms with Crippen LogP contribution in [-0.2, 0) is 11.3 Å². The molecule has 1 atom stereocenters. The molecule has 1 unspecified atom stereocenters. The van der Waals surface area contributed by atoms with Crippen LogP contribution in [0, 0.1) is 6.92 Å². The molecule has 10 heteroatoms. The number of hydrogen-bond donors (Lipinski definition) is 1. The van der Waals surface area contributed by atoms with Crippen molar-refractivity contribution in [3.63, 3.8) is 0 Å². The number of hydrogen-bond acceptors (Lipinski definition) is 5. The number of carbonyl (C=O) groups excluding carboxylic acids is 1. The van der Waals surface area contributed by atoms with Crippen molar-refractivity contribution in [3.05, 3.63) is 42.1 Å². The average molecular weight is 566 g/mol. The fourth-order valence-electron chi connectivity index (χ4n) is 4.48. The van der Waals surface area contributed by atoms with E-state index in [9.17, 15) is 4.79 Å². The molecule has 2 saturated heterocycles. The number of likely N-dealkylation sites (tertiary alicyclic amines) is 1. The highest BCUT2D eigenvalue weighted by Gasteiger charge is 2.30. The number of aromatic nitrogens is 3. The van der Waals surface area contributed by atoms with Gasteiger partial charge >= 0.3 is 0 Å². The molecule has 0 aromatic carbocycles. The SMILES string of the molecule is CN=C(NCc1ccc(-n2ccnc2C)nc1)N1CCN(C(C)C(=O)N2CCCC2)CC1.I. The van der Waals surface area contributed by atoms with Gasteiger partial charge in [0.05, 0.1) is 6.04 Å². The van der Waals surface area contributed by atoms with Gasteiger partial charge in [-0.05, 0) is 38.3 Å². The third-order valence-corrected chi connectivity index (χ3v) is 6.48. The van der Waals surface area contributed by atoms with Crippen LogP contribution >= 0.6 is 24.0 Å². The highest BCUT2D eigenvalue weighted by molar-refractivity contribution is 14.0. The predicted octanol–water partition coefficient (Wildman–Crippen LogP) is 1.90. The van der Waals surface area contributed by atoms with E-state index < -0.39 is 0 Å². The fraction of sp³-hybridized carbons (Fsp3) is 0.565. The number of imidazole rings is 1. The average Bonchev–Trinajstić information content (AvgIpc) is 3.51. The van der Waals surface area contributed by atoms with Crippen LogP contribution in [0.15, 0.2) is 35.7 Å². The second-order valence-electron chi connectivity index (χ2n) is 8.50. The summed E-state index contributed by atoms with van der Waals surface area (Å²) < 4.78 is 1.96. The number of aliphatic imine (C=N–C) groups is 1. The molecular formula is C23H35IN8O. The lowest BCUT2D eigenvalue weighted by molar-refractivity contribution is -0.135. The number of aryl methyl sites for hydroxylation is 1. The Kier molecular flexibility index (Phi) is 9.07. The number of pyridine rings is 1. The quantitative estimate of drug-likeness (QED) is 0.339. The molecule has 4 rings (SSSR count). The Morgan fingerprint density at radius 2 is 1.82 bits per heavy atom. The first-order valence-corrected chi connectivity index (χ1v) is 11.5. The summed E-state index contributed by atoms with van der Waals surface area (Å²) in [7, 11) is 1.82. The van der Waals surface area contributed by atoms with E-state index in [-0.39, 0.29) is 35.9 Å². The molecule has 4 heterocycles. The van der Waals surface area contributed by atoms with Crippen molar-refractivity contribution in [2.75, 3.05) is 46.3 Å². The zero-order valence-corrected chi connectivity index (χ0v) is 22.1. The smallest absolute Gasteiger partial charge is 0.239 e. The van der Waals surface area contributed by atoms with Gasteiger partial charge in [-0.1, -0.05) is 6.07 Å². The van der Waals surface area contributed by atoms with E-state index in [0.717, 1.165) is 75.3 Å². The van der Waals surface area contributed by atoms with Crippen LogP contribution in [-0.4, -0.2) is 93.5 Å². The van der Waals surface area contributed by atoms with Crippen molar-refractivity contribution in [1.29, 1.82) is 0 Å². The second kappa shape index (κ2) is 11.8. The molecule has 1 N–H and O–H groups in total. The number of guanidine groups is 1. The van der Waals surface area contributed by atoms with Crippen molar-refractivity contribution in [2.24, 2.45) is 4.99 Å². The number of nitrogens with one attached hydrogen (secondary N) is 1. The molecule has 2 aromatic rings. The minimum Gasteiger partial charge on any atom is -0.352 e. The van der Waals surface area contributed by atoms with E-state index in [4.69, 9.17) is 0 Å². The van der Waals surface area contributed by atoms with E-state index in [1.54, 1.807) is 6.20 Å². The summed E-state index contributed by atoms with van der Waals surface area (Å²) in [5.74, 6) is 2.94. The van der Waals surface area contributed by atoms with E-state index in [0.29, 0.717) is 6.54 Å². The van der Waals surface area contributed by atoms with Gasteiger partial charge in [-0.2, -0.15) is 0 Å². The molecule has 0 radical (unpaired) electrons. The molecule has 0 bridgehead atoms. The van der Waals surface area contributed by atoms with Gasteiger partial charge in [0.15, 0.2) is 5.96 Å².